The van der Waals surface area contributed by atoms with E-state index in [1.807, 2.05) is 31.2 Å². The van der Waals surface area contributed by atoms with Crippen LogP contribution in [0.15, 0.2) is 65.3 Å². The minimum Gasteiger partial charge on any atom is -0.504 e. The Morgan fingerprint density at radius 2 is 2.04 bits per heavy atom. The molecule has 6 nitrogen and oxygen atoms in total. The second kappa shape index (κ2) is 7.07. The summed E-state index contributed by atoms with van der Waals surface area (Å²) in [5, 5.41) is 13.4. The monoisotopic (exact) mass is 364 g/mol. The van der Waals surface area contributed by atoms with Gasteiger partial charge in [0.25, 0.3) is 5.91 Å². The molecule has 6 heteroatoms. The van der Waals surface area contributed by atoms with Crippen molar-refractivity contribution in [1.82, 2.24) is 4.90 Å². The molecule has 27 heavy (non-hydrogen) atoms. The van der Waals surface area contributed by atoms with Gasteiger partial charge >= 0.3 is 0 Å². The van der Waals surface area contributed by atoms with Crippen molar-refractivity contribution in [2.24, 2.45) is 0 Å². The van der Waals surface area contributed by atoms with Crippen LogP contribution >= 0.6 is 0 Å². The van der Waals surface area contributed by atoms with Crippen molar-refractivity contribution in [2.75, 3.05) is 11.9 Å². The lowest BCUT2D eigenvalue weighted by Crippen LogP contribution is -2.42. The Kier molecular flexibility index (Phi) is 4.46. The van der Waals surface area contributed by atoms with Gasteiger partial charge in [-0.15, -0.1) is 0 Å². The third-order valence-electron chi connectivity index (χ3n) is 4.53. The number of fused-ring (bicyclic) bond motifs is 1. The second-order valence-corrected chi connectivity index (χ2v) is 6.27. The summed E-state index contributed by atoms with van der Waals surface area (Å²) in [6, 6.07) is 16.2. The van der Waals surface area contributed by atoms with Gasteiger partial charge in [0.2, 0.25) is 0 Å². The van der Waals surface area contributed by atoms with Gasteiger partial charge in [0.15, 0.2) is 11.5 Å². The summed E-state index contributed by atoms with van der Waals surface area (Å²) in [6.45, 7) is 2.61. The van der Waals surface area contributed by atoms with E-state index in [1.54, 1.807) is 41.5 Å². The highest BCUT2D eigenvalue weighted by Gasteiger charge is 2.33. The van der Waals surface area contributed by atoms with Crippen LogP contribution in [0.25, 0.3) is 0 Å². The molecule has 0 fully saturated rings. The smallest absolute Gasteiger partial charge is 0.258 e. The van der Waals surface area contributed by atoms with E-state index in [0.29, 0.717) is 30.2 Å². The number of phenolic OH excluding ortho intramolecular Hbond substituents is 1. The van der Waals surface area contributed by atoms with Crippen LogP contribution in [-0.2, 0) is 6.54 Å². The maximum absolute atomic E-state index is 13.2. The van der Waals surface area contributed by atoms with Gasteiger partial charge in [-0.2, -0.15) is 0 Å². The van der Waals surface area contributed by atoms with Crippen LogP contribution in [0.4, 0.5) is 5.69 Å². The summed E-state index contributed by atoms with van der Waals surface area (Å²) in [6.07, 6.45) is 1.17. The Balaban J connectivity index is 1.76. The predicted molar refractivity (Wildman–Crippen MR) is 101 cm³/mol. The van der Waals surface area contributed by atoms with Crippen LogP contribution in [0.1, 0.15) is 34.8 Å². The van der Waals surface area contributed by atoms with Gasteiger partial charge in [-0.25, -0.2) is 0 Å². The number of aromatic hydroxyl groups is 1. The molecule has 2 N–H and O–H groups in total. The van der Waals surface area contributed by atoms with Crippen LogP contribution < -0.4 is 10.1 Å². The molecule has 0 bridgehead atoms. The third kappa shape index (κ3) is 3.21. The molecule has 2 heterocycles. The fraction of sp³-hybridized carbons (Fsp3) is 0.190. The first-order valence-corrected chi connectivity index (χ1v) is 8.82. The molecule has 1 amide bonds. The minimum absolute atomic E-state index is 0.0701. The fourth-order valence-corrected chi connectivity index (χ4v) is 3.26. The van der Waals surface area contributed by atoms with Gasteiger partial charge in [0.1, 0.15) is 11.9 Å². The summed E-state index contributed by atoms with van der Waals surface area (Å²) >= 11 is 0. The van der Waals surface area contributed by atoms with Crippen molar-refractivity contribution in [2.45, 2.75) is 19.6 Å². The van der Waals surface area contributed by atoms with E-state index in [2.05, 4.69) is 5.32 Å². The van der Waals surface area contributed by atoms with Crippen molar-refractivity contribution in [3.8, 4) is 11.5 Å². The zero-order valence-corrected chi connectivity index (χ0v) is 14.9. The van der Waals surface area contributed by atoms with E-state index in [1.165, 1.54) is 0 Å². The molecular formula is C21H20N2O4. The Hall–Kier alpha value is -3.41. The van der Waals surface area contributed by atoms with Gasteiger partial charge < -0.3 is 24.5 Å². The number of nitrogens with one attached hydrogen (secondary N) is 1. The van der Waals surface area contributed by atoms with Crippen molar-refractivity contribution in [3.63, 3.8) is 0 Å². The number of hydrogen-bond acceptors (Lipinski definition) is 5. The highest BCUT2D eigenvalue weighted by atomic mass is 16.5. The molecule has 0 aliphatic carbocycles. The Labute approximate surface area is 157 Å². The number of carbonyl (C=O) groups excluding carboxylic acids is 1. The molecule has 0 spiro atoms. The number of furan rings is 1. The Bertz CT molecular complexity index is 953. The zero-order valence-electron chi connectivity index (χ0n) is 14.9. The molecule has 1 aliphatic heterocycles. The first-order chi connectivity index (χ1) is 13.2. The second-order valence-electron chi connectivity index (χ2n) is 6.27. The highest BCUT2D eigenvalue weighted by Crippen LogP contribution is 2.37. The van der Waals surface area contributed by atoms with Gasteiger partial charge in [-0.05, 0) is 48.9 Å². The average molecular weight is 364 g/mol. The van der Waals surface area contributed by atoms with Crippen molar-refractivity contribution < 1.29 is 19.1 Å². The number of rotatable bonds is 5. The number of ether oxygens (including phenoxy) is 1. The van der Waals surface area contributed by atoms with Crippen molar-refractivity contribution in [3.05, 3.63) is 77.7 Å². The number of hydrogen-bond donors (Lipinski definition) is 2. The number of nitrogens with zero attached hydrogens (tertiary/aromatic N) is 1. The molecule has 1 atom stereocenters. The van der Waals surface area contributed by atoms with E-state index in [0.717, 1.165) is 11.3 Å². The van der Waals surface area contributed by atoms with Crippen LogP contribution in [0.2, 0.25) is 0 Å². The standard InChI is InChI=1S/C21H20N2O4/c1-2-26-19-12-14(9-10-18(19)24)20-22-17-8-4-3-7-16(17)21(25)23(20)13-15-6-5-11-27-15/h3-12,20,22,24H,2,13H2,1H3. The van der Waals surface area contributed by atoms with Crippen molar-refractivity contribution >= 4 is 11.6 Å². The lowest BCUT2D eigenvalue weighted by atomic mass is 10.0. The third-order valence-corrected chi connectivity index (χ3v) is 4.53. The first-order valence-electron chi connectivity index (χ1n) is 8.82. The van der Waals surface area contributed by atoms with Gasteiger partial charge in [0, 0.05) is 5.69 Å². The molecule has 2 aromatic carbocycles. The maximum atomic E-state index is 13.2. The van der Waals surface area contributed by atoms with E-state index < -0.39 is 6.17 Å². The first kappa shape index (κ1) is 17.0. The highest BCUT2D eigenvalue weighted by molar-refractivity contribution is 6.01. The van der Waals surface area contributed by atoms with Crippen LogP contribution in [0.3, 0.4) is 0 Å². The molecule has 4 rings (SSSR count). The minimum atomic E-state index is -0.419. The fourth-order valence-electron chi connectivity index (χ4n) is 3.26. The molecule has 1 aromatic heterocycles. The topological polar surface area (TPSA) is 74.9 Å². The lowest BCUT2D eigenvalue weighted by Gasteiger charge is -2.37. The average Bonchev–Trinajstić information content (AvgIpc) is 3.19. The number of phenols is 1. The summed E-state index contributed by atoms with van der Waals surface area (Å²) in [7, 11) is 0. The number of para-hydroxylation sites is 1. The Morgan fingerprint density at radius 3 is 2.81 bits per heavy atom. The molecule has 3 aromatic rings. The molecular weight excluding hydrogens is 344 g/mol. The summed E-state index contributed by atoms with van der Waals surface area (Å²) in [5.41, 5.74) is 2.20. The molecule has 0 saturated heterocycles. The number of amides is 1. The summed E-state index contributed by atoms with van der Waals surface area (Å²) in [5.74, 6) is 1.07. The van der Waals surface area contributed by atoms with E-state index >= 15 is 0 Å². The van der Waals surface area contributed by atoms with Crippen molar-refractivity contribution in [1.29, 1.82) is 0 Å². The molecule has 0 saturated carbocycles. The van der Waals surface area contributed by atoms with E-state index in [4.69, 9.17) is 9.15 Å². The van der Waals surface area contributed by atoms with Gasteiger partial charge in [0.05, 0.1) is 25.0 Å². The van der Waals surface area contributed by atoms with E-state index in [-0.39, 0.29) is 11.7 Å². The van der Waals surface area contributed by atoms with Crippen LogP contribution in [-0.4, -0.2) is 22.5 Å². The molecule has 0 radical (unpaired) electrons. The normalized spacial score (nSPS) is 16.0. The summed E-state index contributed by atoms with van der Waals surface area (Å²) in [4.78, 5) is 14.9. The summed E-state index contributed by atoms with van der Waals surface area (Å²) < 4.78 is 11.0. The van der Waals surface area contributed by atoms with Gasteiger partial charge in [-0.1, -0.05) is 18.2 Å². The predicted octanol–water partition coefficient (Wildman–Crippen LogP) is 4.15. The van der Waals surface area contributed by atoms with Gasteiger partial charge in [-0.3, -0.25) is 4.79 Å². The quantitative estimate of drug-likeness (QED) is 0.711. The van der Waals surface area contributed by atoms with E-state index in [9.17, 15) is 9.90 Å². The number of anilines is 1. The molecule has 138 valence electrons. The maximum Gasteiger partial charge on any atom is 0.258 e. The largest absolute Gasteiger partial charge is 0.504 e. The van der Waals surface area contributed by atoms with Crippen LogP contribution in [0.5, 0.6) is 11.5 Å². The lowest BCUT2D eigenvalue weighted by molar-refractivity contribution is 0.0651. The SMILES string of the molecule is CCOc1cc(C2Nc3ccccc3C(=O)N2Cc2ccco2)ccc1O. The van der Waals surface area contributed by atoms with Crippen LogP contribution in [0, 0.1) is 0 Å². The Morgan fingerprint density at radius 1 is 1.19 bits per heavy atom. The zero-order chi connectivity index (χ0) is 18.8. The molecule has 1 unspecified atom stereocenters. The molecule has 1 aliphatic rings. The number of benzene rings is 2. The number of carbonyl (C=O) groups is 1.